The monoisotopic (exact) mass is 486 g/mol. The lowest BCUT2D eigenvalue weighted by atomic mass is 9.72. The number of ether oxygens (including phenoxy) is 1. The largest absolute Gasteiger partial charge is 0.494 e. The number of allylic oxidation sites excluding steroid dienone is 4. The number of hydrogen-bond donors (Lipinski definition) is 0. The van der Waals surface area contributed by atoms with Gasteiger partial charge < -0.3 is 4.74 Å². The molecule has 1 aliphatic carbocycles. The summed E-state index contributed by atoms with van der Waals surface area (Å²) in [7, 11) is 0. The second-order valence-corrected chi connectivity index (χ2v) is 10.9. The normalized spacial score (nSPS) is 19.9. The van der Waals surface area contributed by atoms with Crippen molar-refractivity contribution in [3.63, 3.8) is 0 Å². The molecule has 1 aliphatic rings. The van der Waals surface area contributed by atoms with Gasteiger partial charge in [0.15, 0.2) is 0 Å². The topological polar surface area (TPSA) is 9.23 Å². The summed E-state index contributed by atoms with van der Waals surface area (Å²) in [6.07, 6.45) is 25.5. The van der Waals surface area contributed by atoms with Crippen LogP contribution in [-0.2, 0) is 5.41 Å². The SMILES string of the molecule is CCCCCCCCCCC1(c2ccccc2)C=CC(c2ccc(OCCC[C@@H](C)CC)cc2)C=C1. The summed E-state index contributed by atoms with van der Waals surface area (Å²) in [5, 5.41) is 0. The standard InChI is InChI=1S/C35H50O/c1-4-6-7-8-9-10-11-15-26-35(33-18-13-12-14-19-33)27-24-32(25-28-35)31-20-22-34(23-21-31)36-29-16-17-30(3)5-2/h12-14,18-25,27-28,30,32H,4-11,15-17,26,29H2,1-3H3/t30-,32?,35?/m0/s1. The van der Waals surface area contributed by atoms with E-state index in [4.69, 9.17) is 4.74 Å². The van der Waals surface area contributed by atoms with E-state index in [1.54, 1.807) is 0 Å². The zero-order valence-corrected chi connectivity index (χ0v) is 23.3. The number of benzene rings is 2. The van der Waals surface area contributed by atoms with Crippen LogP contribution in [-0.4, -0.2) is 6.61 Å². The van der Waals surface area contributed by atoms with Gasteiger partial charge in [0, 0.05) is 11.3 Å². The van der Waals surface area contributed by atoms with Crippen LogP contribution in [0.3, 0.4) is 0 Å². The second kappa shape index (κ2) is 15.7. The first-order chi connectivity index (χ1) is 17.7. The lowest BCUT2D eigenvalue weighted by Crippen LogP contribution is -2.23. The molecule has 3 rings (SSSR count). The lowest BCUT2D eigenvalue weighted by Gasteiger charge is -2.32. The Kier molecular flexibility index (Phi) is 12.4. The van der Waals surface area contributed by atoms with E-state index in [2.05, 4.69) is 99.7 Å². The molecule has 0 saturated heterocycles. The predicted molar refractivity (Wildman–Crippen MR) is 157 cm³/mol. The van der Waals surface area contributed by atoms with E-state index in [1.165, 1.54) is 81.8 Å². The van der Waals surface area contributed by atoms with Gasteiger partial charge >= 0.3 is 0 Å². The molecule has 0 heterocycles. The Morgan fingerprint density at radius 3 is 2.03 bits per heavy atom. The van der Waals surface area contributed by atoms with Crippen LogP contribution in [0.15, 0.2) is 78.9 Å². The van der Waals surface area contributed by atoms with E-state index in [0.717, 1.165) is 24.7 Å². The van der Waals surface area contributed by atoms with E-state index in [-0.39, 0.29) is 5.41 Å². The third kappa shape index (κ3) is 8.99. The maximum atomic E-state index is 5.99. The Morgan fingerprint density at radius 1 is 0.750 bits per heavy atom. The number of unbranched alkanes of at least 4 members (excludes halogenated alkanes) is 7. The van der Waals surface area contributed by atoms with Crippen molar-refractivity contribution < 1.29 is 4.74 Å². The average molecular weight is 487 g/mol. The fourth-order valence-electron chi connectivity index (χ4n) is 5.31. The van der Waals surface area contributed by atoms with Gasteiger partial charge in [-0.3, -0.25) is 0 Å². The summed E-state index contributed by atoms with van der Waals surface area (Å²) in [5.41, 5.74) is 2.78. The minimum Gasteiger partial charge on any atom is -0.494 e. The van der Waals surface area contributed by atoms with Gasteiger partial charge in [-0.1, -0.05) is 145 Å². The van der Waals surface area contributed by atoms with Crippen LogP contribution in [0.4, 0.5) is 0 Å². The predicted octanol–water partition coefficient (Wildman–Crippen LogP) is 10.6. The molecule has 0 radical (unpaired) electrons. The second-order valence-electron chi connectivity index (χ2n) is 10.9. The van der Waals surface area contributed by atoms with Crippen LogP contribution in [0.25, 0.3) is 0 Å². The van der Waals surface area contributed by atoms with Crippen LogP contribution in [0.2, 0.25) is 0 Å². The van der Waals surface area contributed by atoms with Crippen molar-refractivity contribution in [2.24, 2.45) is 5.92 Å². The van der Waals surface area contributed by atoms with Gasteiger partial charge in [0.1, 0.15) is 5.75 Å². The van der Waals surface area contributed by atoms with Crippen molar-refractivity contribution in [3.05, 3.63) is 90.0 Å². The molecule has 2 aromatic rings. The molecule has 196 valence electrons. The molecule has 1 heteroatoms. The minimum absolute atomic E-state index is 0.0264. The van der Waals surface area contributed by atoms with Crippen LogP contribution >= 0.6 is 0 Å². The van der Waals surface area contributed by atoms with E-state index in [1.807, 2.05) is 0 Å². The lowest BCUT2D eigenvalue weighted by molar-refractivity contribution is 0.294. The zero-order chi connectivity index (χ0) is 25.5. The molecule has 2 aromatic carbocycles. The maximum absolute atomic E-state index is 5.99. The highest BCUT2D eigenvalue weighted by atomic mass is 16.5. The first kappa shape index (κ1) is 28.3. The first-order valence-electron chi connectivity index (χ1n) is 14.8. The quantitative estimate of drug-likeness (QED) is 0.160. The fraction of sp³-hybridized carbons (Fsp3) is 0.543. The number of rotatable bonds is 17. The fourth-order valence-corrected chi connectivity index (χ4v) is 5.31. The summed E-state index contributed by atoms with van der Waals surface area (Å²) >= 11 is 0. The molecular weight excluding hydrogens is 436 g/mol. The van der Waals surface area contributed by atoms with Gasteiger partial charge in [-0.05, 0) is 48.4 Å². The van der Waals surface area contributed by atoms with Gasteiger partial charge in [0.05, 0.1) is 6.61 Å². The van der Waals surface area contributed by atoms with Crippen molar-refractivity contribution in [1.82, 2.24) is 0 Å². The molecule has 1 atom stereocenters. The molecule has 36 heavy (non-hydrogen) atoms. The summed E-state index contributed by atoms with van der Waals surface area (Å²) in [5.74, 6) is 2.11. The smallest absolute Gasteiger partial charge is 0.119 e. The zero-order valence-electron chi connectivity index (χ0n) is 23.3. The first-order valence-corrected chi connectivity index (χ1v) is 14.8. The molecule has 0 aromatic heterocycles. The molecule has 0 saturated carbocycles. The van der Waals surface area contributed by atoms with Gasteiger partial charge in [-0.15, -0.1) is 0 Å². The average Bonchev–Trinajstić information content (AvgIpc) is 2.93. The van der Waals surface area contributed by atoms with Crippen LogP contribution < -0.4 is 4.74 Å². The molecule has 0 unspecified atom stereocenters. The van der Waals surface area contributed by atoms with E-state index >= 15 is 0 Å². The van der Waals surface area contributed by atoms with Crippen molar-refractivity contribution in [2.45, 2.75) is 109 Å². The minimum atomic E-state index is 0.0264. The highest BCUT2D eigenvalue weighted by molar-refractivity contribution is 5.44. The van der Waals surface area contributed by atoms with Gasteiger partial charge in [0.25, 0.3) is 0 Å². The molecule has 0 bridgehead atoms. The summed E-state index contributed by atoms with van der Waals surface area (Å²) in [4.78, 5) is 0. The Hall–Kier alpha value is -2.28. The molecule has 0 fully saturated rings. The Bertz CT molecular complexity index is 878. The van der Waals surface area contributed by atoms with Crippen LogP contribution in [0.5, 0.6) is 5.75 Å². The van der Waals surface area contributed by atoms with Crippen molar-refractivity contribution in [1.29, 1.82) is 0 Å². The maximum Gasteiger partial charge on any atom is 0.119 e. The highest BCUT2D eigenvalue weighted by Crippen LogP contribution is 2.39. The van der Waals surface area contributed by atoms with Gasteiger partial charge in [-0.2, -0.15) is 0 Å². The molecule has 0 amide bonds. The van der Waals surface area contributed by atoms with Crippen LogP contribution in [0, 0.1) is 5.92 Å². The van der Waals surface area contributed by atoms with E-state index in [9.17, 15) is 0 Å². The molecule has 0 spiro atoms. The van der Waals surface area contributed by atoms with E-state index in [0.29, 0.717) is 5.92 Å². The third-order valence-electron chi connectivity index (χ3n) is 8.03. The van der Waals surface area contributed by atoms with E-state index < -0.39 is 0 Å². The number of hydrogen-bond acceptors (Lipinski definition) is 1. The molecule has 0 aliphatic heterocycles. The Balaban J connectivity index is 1.54. The molecule has 1 nitrogen and oxygen atoms in total. The third-order valence-corrected chi connectivity index (χ3v) is 8.03. The molecular formula is C35H50O. The highest BCUT2D eigenvalue weighted by Gasteiger charge is 2.28. The van der Waals surface area contributed by atoms with Gasteiger partial charge in [0.2, 0.25) is 0 Å². The Labute approximate surface area is 222 Å². The Morgan fingerprint density at radius 2 is 1.39 bits per heavy atom. The van der Waals surface area contributed by atoms with Crippen molar-refractivity contribution in [3.8, 4) is 5.75 Å². The van der Waals surface area contributed by atoms with Gasteiger partial charge in [-0.25, -0.2) is 0 Å². The summed E-state index contributed by atoms with van der Waals surface area (Å²) in [6.45, 7) is 7.69. The summed E-state index contributed by atoms with van der Waals surface area (Å²) in [6, 6.07) is 19.8. The molecule has 0 N–H and O–H groups in total. The van der Waals surface area contributed by atoms with Crippen LogP contribution in [0.1, 0.15) is 115 Å². The summed E-state index contributed by atoms with van der Waals surface area (Å²) < 4.78 is 5.99. The van der Waals surface area contributed by atoms with Crippen molar-refractivity contribution >= 4 is 0 Å². The van der Waals surface area contributed by atoms with Crippen molar-refractivity contribution in [2.75, 3.05) is 6.61 Å².